The van der Waals surface area contributed by atoms with E-state index in [1.807, 2.05) is 0 Å². The van der Waals surface area contributed by atoms with Gasteiger partial charge in [-0.2, -0.15) is 0 Å². The smallest absolute Gasteiger partial charge is 0.119 e. The van der Waals surface area contributed by atoms with Gasteiger partial charge in [-0.25, -0.2) is 0 Å². The number of benzene rings is 1. The lowest BCUT2D eigenvalue weighted by Gasteiger charge is -2.38. The lowest BCUT2D eigenvalue weighted by Crippen LogP contribution is -2.43. The first-order chi connectivity index (χ1) is 9.58. The van der Waals surface area contributed by atoms with Gasteiger partial charge in [-0.05, 0) is 57.4 Å². The predicted octanol–water partition coefficient (Wildman–Crippen LogP) is 3.35. The Balaban J connectivity index is 2.11. The Hall–Kier alpha value is -1.06. The van der Waals surface area contributed by atoms with Crippen LogP contribution < -0.4 is 10.5 Å². The Morgan fingerprint density at radius 1 is 1.30 bits per heavy atom. The third kappa shape index (κ3) is 3.33. The lowest BCUT2D eigenvalue weighted by molar-refractivity contribution is 0.119. The quantitative estimate of drug-likeness (QED) is 0.866. The van der Waals surface area contributed by atoms with Gasteiger partial charge in [0, 0.05) is 18.1 Å². The number of ether oxygens (including phenoxy) is 1. The maximum Gasteiger partial charge on any atom is 0.119 e. The number of rotatable bonds is 6. The Morgan fingerprint density at radius 3 is 2.50 bits per heavy atom. The monoisotopic (exact) mass is 276 g/mol. The summed E-state index contributed by atoms with van der Waals surface area (Å²) in [7, 11) is 0. The second kappa shape index (κ2) is 6.59. The van der Waals surface area contributed by atoms with Gasteiger partial charge in [-0.3, -0.25) is 4.90 Å². The molecule has 0 radical (unpaired) electrons. The van der Waals surface area contributed by atoms with Crippen LogP contribution in [0, 0.1) is 0 Å². The standard InChI is InChI=1S/C17H28N2O/c1-4-12-20-15-8-6-14(7-9-15)16(13-18)19-11-5-10-17(19,2)3/h6-9,16H,4-5,10-13,18H2,1-3H3. The van der Waals surface area contributed by atoms with Crippen LogP contribution in [0.15, 0.2) is 24.3 Å². The van der Waals surface area contributed by atoms with Gasteiger partial charge in [0.2, 0.25) is 0 Å². The first-order valence-electron chi connectivity index (χ1n) is 7.78. The van der Waals surface area contributed by atoms with Crippen LogP contribution in [0.2, 0.25) is 0 Å². The fourth-order valence-corrected chi connectivity index (χ4v) is 3.16. The molecule has 112 valence electrons. The average Bonchev–Trinajstić information content (AvgIpc) is 2.79. The molecule has 0 amide bonds. The third-order valence-electron chi connectivity index (χ3n) is 4.30. The maximum absolute atomic E-state index is 6.05. The molecule has 1 saturated heterocycles. The molecule has 0 spiro atoms. The van der Waals surface area contributed by atoms with E-state index in [-0.39, 0.29) is 5.54 Å². The van der Waals surface area contributed by atoms with Crippen molar-refractivity contribution in [2.45, 2.75) is 51.6 Å². The zero-order valence-electron chi connectivity index (χ0n) is 13.1. The van der Waals surface area contributed by atoms with E-state index in [1.165, 1.54) is 18.4 Å². The summed E-state index contributed by atoms with van der Waals surface area (Å²) in [6, 6.07) is 8.77. The molecule has 1 aromatic rings. The minimum atomic E-state index is 0.251. The van der Waals surface area contributed by atoms with Crippen molar-refractivity contribution >= 4 is 0 Å². The van der Waals surface area contributed by atoms with Crippen LogP contribution in [0.4, 0.5) is 0 Å². The van der Waals surface area contributed by atoms with Crippen LogP contribution in [0.5, 0.6) is 5.75 Å². The summed E-state index contributed by atoms with van der Waals surface area (Å²) in [6.07, 6.45) is 3.55. The lowest BCUT2D eigenvalue weighted by atomic mass is 9.97. The fraction of sp³-hybridized carbons (Fsp3) is 0.647. The van der Waals surface area contributed by atoms with Gasteiger partial charge in [0.05, 0.1) is 6.61 Å². The van der Waals surface area contributed by atoms with Gasteiger partial charge in [0.15, 0.2) is 0 Å². The molecule has 3 heteroatoms. The molecular formula is C17H28N2O. The summed E-state index contributed by atoms with van der Waals surface area (Å²) >= 11 is 0. The van der Waals surface area contributed by atoms with E-state index in [1.54, 1.807) is 0 Å². The van der Waals surface area contributed by atoms with Gasteiger partial charge in [-0.15, -0.1) is 0 Å². The highest BCUT2D eigenvalue weighted by molar-refractivity contribution is 5.30. The van der Waals surface area contributed by atoms with Gasteiger partial charge >= 0.3 is 0 Å². The molecular weight excluding hydrogens is 248 g/mol. The Bertz CT molecular complexity index is 414. The molecule has 20 heavy (non-hydrogen) atoms. The van der Waals surface area contributed by atoms with Crippen molar-refractivity contribution in [2.24, 2.45) is 5.73 Å². The molecule has 0 bridgehead atoms. The highest BCUT2D eigenvalue weighted by Crippen LogP contribution is 2.36. The second-order valence-electron chi connectivity index (χ2n) is 6.28. The average molecular weight is 276 g/mol. The van der Waals surface area contributed by atoms with Crippen molar-refractivity contribution in [1.29, 1.82) is 0 Å². The molecule has 1 unspecified atom stereocenters. The highest BCUT2D eigenvalue weighted by atomic mass is 16.5. The molecule has 0 aliphatic carbocycles. The van der Waals surface area contributed by atoms with E-state index in [0.29, 0.717) is 12.6 Å². The van der Waals surface area contributed by atoms with Crippen molar-refractivity contribution in [1.82, 2.24) is 4.90 Å². The van der Waals surface area contributed by atoms with E-state index in [0.717, 1.165) is 25.3 Å². The first-order valence-corrected chi connectivity index (χ1v) is 7.78. The van der Waals surface area contributed by atoms with Crippen LogP contribution >= 0.6 is 0 Å². The van der Waals surface area contributed by atoms with E-state index in [4.69, 9.17) is 10.5 Å². The summed E-state index contributed by atoms with van der Waals surface area (Å²) in [6.45, 7) is 9.34. The summed E-state index contributed by atoms with van der Waals surface area (Å²) in [5.74, 6) is 0.951. The molecule has 2 rings (SSSR count). The molecule has 0 saturated carbocycles. The molecule has 1 fully saturated rings. The van der Waals surface area contributed by atoms with Crippen LogP contribution in [-0.2, 0) is 0 Å². The second-order valence-corrected chi connectivity index (χ2v) is 6.28. The highest BCUT2D eigenvalue weighted by Gasteiger charge is 2.36. The molecule has 3 nitrogen and oxygen atoms in total. The Labute approximate surface area is 123 Å². The van der Waals surface area contributed by atoms with E-state index >= 15 is 0 Å². The van der Waals surface area contributed by atoms with Crippen molar-refractivity contribution < 1.29 is 4.74 Å². The Kier molecular flexibility index (Phi) is 5.06. The molecule has 2 N–H and O–H groups in total. The van der Waals surface area contributed by atoms with Crippen molar-refractivity contribution in [3.8, 4) is 5.75 Å². The van der Waals surface area contributed by atoms with E-state index in [9.17, 15) is 0 Å². The molecule has 1 heterocycles. The molecule has 1 aromatic carbocycles. The first kappa shape index (κ1) is 15.3. The number of hydrogen-bond donors (Lipinski definition) is 1. The largest absolute Gasteiger partial charge is 0.494 e. The summed E-state index contributed by atoms with van der Waals surface area (Å²) in [5, 5.41) is 0. The van der Waals surface area contributed by atoms with Crippen molar-refractivity contribution in [3.63, 3.8) is 0 Å². The molecule has 1 atom stereocenters. The Morgan fingerprint density at radius 2 is 2.00 bits per heavy atom. The molecule has 1 aliphatic rings. The fourth-order valence-electron chi connectivity index (χ4n) is 3.16. The summed E-state index contributed by atoms with van der Waals surface area (Å²) < 4.78 is 5.65. The maximum atomic E-state index is 6.05. The van der Waals surface area contributed by atoms with Gasteiger partial charge < -0.3 is 10.5 Å². The van der Waals surface area contributed by atoms with Crippen molar-refractivity contribution in [2.75, 3.05) is 19.7 Å². The topological polar surface area (TPSA) is 38.5 Å². The normalized spacial score (nSPS) is 20.0. The number of likely N-dealkylation sites (tertiary alicyclic amines) is 1. The minimum Gasteiger partial charge on any atom is -0.494 e. The van der Waals surface area contributed by atoms with Crippen LogP contribution in [-0.4, -0.2) is 30.1 Å². The zero-order valence-corrected chi connectivity index (χ0v) is 13.1. The number of nitrogens with two attached hydrogens (primary N) is 1. The predicted molar refractivity (Wildman–Crippen MR) is 84.0 cm³/mol. The number of nitrogens with zero attached hydrogens (tertiary/aromatic N) is 1. The SMILES string of the molecule is CCCOc1ccc(C(CN)N2CCCC2(C)C)cc1. The van der Waals surface area contributed by atoms with Gasteiger partial charge in [-0.1, -0.05) is 19.1 Å². The van der Waals surface area contributed by atoms with Crippen molar-refractivity contribution in [3.05, 3.63) is 29.8 Å². The molecule has 1 aliphatic heterocycles. The summed E-state index contributed by atoms with van der Waals surface area (Å²) in [4.78, 5) is 2.55. The van der Waals surface area contributed by atoms with Gasteiger partial charge in [0.25, 0.3) is 0 Å². The zero-order chi connectivity index (χ0) is 14.6. The minimum absolute atomic E-state index is 0.251. The van der Waals surface area contributed by atoms with E-state index < -0.39 is 0 Å². The third-order valence-corrected chi connectivity index (χ3v) is 4.30. The van der Waals surface area contributed by atoms with E-state index in [2.05, 4.69) is 49.9 Å². The molecule has 0 aromatic heterocycles. The van der Waals surface area contributed by atoms with Crippen LogP contribution in [0.1, 0.15) is 51.6 Å². The summed E-state index contributed by atoms with van der Waals surface area (Å²) in [5.41, 5.74) is 7.60. The number of hydrogen-bond acceptors (Lipinski definition) is 3. The van der Waals surface area contributed by atoms with Gasteiger partial charge in [0.1, 0.15) is 5.75 Å². The van der Waals surface area contributed by atoms with Crippen LogP contribution in [0.3, 0.4) is 0 Å². The van der Waals surface area contributed by atoms with Crippen LogP contribution in [0.25, 0.3) is 0 Å².